The van der Waals surface area contributed by atoms with E-state index in [-0.39, 0.29) is 23.3 Å². The van der Waals surface area contributed by atoms with Gasteiger partial charge in [0.15, 0.2) is 0 Å². The highest BCUT2D eigenvalue weighted by molar-refractivity contribution is 9.10. The lowest BCUT2D eigenvalue weighted by atomic mass is 9.99. The molecule has 0 aromatic heterocycles. The zero-order valence-electron chi connectivity index (χ0n) is 14.9. The SMILES string of the molecule is COc1ccc(S(=O)(=O)N2CCCC(C(=O)Nc3ccc(Br)cc3)C2)cc1. The van der Waals surface area contributed by atoms with E-state index in [4.69, 9.17) is 4.74 Å². The van der Waals surface area contributed by atoms with Gasteiger partial charge in [-0.05, 0) is 61.4 Å². The Labute approximate surface area is 167 Å². The van der Waals surface area contributed by atoms with E-state index in [9.17, 15) is 13.2 Å². The van der Waals surface area contributed by atoms with Crippen LogP contribution in [0.1, 0.15) is 12.8 Å². The zero-order valence-corrected chi connectivity index (χ0v) is 17.3. The lowest BCUT2D eigenvalue weighted by molar-refractivity contribution is -0.120. The number of ether oxygens (including phenoxy) is 1. The van der Waals surface area contributed by atoms with Gasteiger partial charge in [0.25, 0.3) is 0 Å². The van der Waals surface area contributed by atoms with Crippen molar-refractivity contribution in [2.75, 3.05) is 25.5 Å². The molecule has 0 aliphatic carbocycles. The van der Waals surface area contributed by atoms with E-state index in [0.29, 0.717) is 30.8 Å². The van der Waals surface area contributed by atoms with Crippen LogP contribution in [-0.4, -0.2) is 38.8 Å². The Balaban J connectivity index is 1.70. The Morgan fingerprint density at radius 1 is 1.15 bits per heavy atom. The summed E-state index contributed by atoms with van der Waals surface area (Å²) in [6.07, 6.45) is 1.31. The number of piperidine rings is 1. The maximum atomic E-state index is 12.9. The summed E-state index contributed by atoms with van der Waals surface area (Å²) in [7, 11) is -2.11. The number of methoxy groups -OCH3 is 1. The number of anilines is 1. The lowest BCUT2D eigenvalue weighted by Crippen LogP contribution is -2.43. The molecule has 0 saturated carbocycles. The number of carbonyl (C=O) groups is 1. The standard InChI is InChI=1S/C19H21BrN2O4S/c1-26-17-8-10-18(11-9-17)27(24,25)22-12-2-3-14(13-22)19(23)21-16-6-4-15(20)5-7-16/h4-11,14H,2-3,12-13H2,1H3,(H,21,23). The summed E-state index contributed by atoms with van der Waals surface area (Å²) in [5, 5.41) is 2.87. The van der Waals surface area contributed by atoms with E-state index in [1.807, 2.05) is 12.1 Å². The molecule has 27 heavy (non-hydrogen) atoms. The lowest BCUT2D eigenvalue weighted by Gasteiger charge is -2.31. The number of amides is 1. The summed E-state index contributed by atoms with van der Waals surface area (Å²) in [5.41, 5.74) is 0.693. The summed E-state index contributed by atoms with van der Waals surface area (Å²) in [6, 6.07) is 13.6. The minimum absolute atomic E-state index is 0.160. The Bertz CT molecular complexity index is 898. The average Bonchev–Trinajstić information content (AvgIpc) is 2.70. The second-order valence-electron chi connectivity index (χ2n) is 6.37. The molecule has 2 aromatic rings. The molecule has 0 bridgehead atoms. The highest BCUT2D eigenvalue weighted by Gasteiger charge is 2.33. The molecule has 1 aliphatic heterocycles. The molecule has 0 spiro atoms. The predicted octanol–water partition coefficient (Wildman–Crippen LogP) is 3.50. The highest BCUT2D eigenvalue weighted by Crippen LogP contribution is 2.26. The van der Waals surface area contributed by atoms with Gasteiger partial charge in [-0.2, -0.15) is 4.31 Å². The molecule has 144 valence electrons. The number of carbonyl (C=O) groups excluding carboxylic acids is 1. The first-order chi connectivity index (χ1) is 12.9. The van der Waals surface area contributed by atoms with Crippen molar-refractivity contribution in [3.8, 4) is 5.75 Å². The summed E-state index contributed by atoms with van der Waals surface area (Å²) in [4.78, 5) is 12.8. The largest absolute Gasteiger partial charge is 0.497 e. The second kappa shape index (κ2) is 8.41. The third kappa shape index (κ3) is 4.69. The fourth-order valence-electron chi connectivity index (χ4n) is 3.05. The van der Waals surface area contributed by atoms with Crippen molar-refractivity contribution in [1.82, 2.24) is 4.31 Å². The van der Waals surface area contributed by atoms with Gasteiger partial charge >= 0.3 is 0 Å². The molecule has 1 amide bonds. The van der Waals surface area contributed by atoms with Crippen LogP contribution in [-0.2, 0) is 14.8 Å². The Hall–Kier alpha value is -1.90. The number of hydrogen-bond donors (Lipinski definition) is 1. The van der Waals surface area contributed by atoms with E-state index in [0.717, 1.165) is 4.47 Å². The minimum atomic E-state index is -3.64. The number of nitrogens with zero attached hydrogens (tertiary/aromatic N) is 1. The van der Waals surface area contributed by atoms with Crippen molar-refractivity contribution in [3.63, 3.8) is 0 Å². The van der Waals surface area contributed by atoms with Crippen molar-refractivity contribution < 1.29 is 17.9 Å². The molecular formula is C19H21BrN2O4S. The number of benzene rings is 2. The molecule has 1 saturated heterocycles. The molecule has 1 aliphatic rings. The monoisotopic (exact) mass is 452 g/mol. The highest BCUT2D eigenvalue weighted by atomic mass is 79.9. The van der Waals surface area contributed by atoms with Gasteiger partial charge in [-0.15, -0.1) is 0 Å². The van der Waals surface area contributed by atoms with Crippen molar-refractivity contribution in [3.05, 3.63) is 53.0 Å². The number of rotatable bonds is 5. The van der Waals surface area contributed by atoms with Crippen LogP contribution in [0.15, 0.2) is 57.9 Å². The van der Waals surface area contributed by atoms with Crippen molar-refractivity contribution in [1.29, 1.82) is 0 Å². The Morgan fingerprint density at radius 2 is 1.81 bits per heavy atom. The normalized spacial score (nSPS) is 18.1. The Morgan fingerprint density at radius 3 is 2.44 bits per heavy atom. The van der Waals surface area contributed by atoms with Crippen LogP contribution in [0.5, 0.6) is 5.75 Å². The van der Waals surface area contributed by atoms with Crippen LogP contribution in [0.4, 0.5) is 5.69 Å². The first kappa shape index (κ1) is 19.9. The average molecular weight is 453 g/mol. The van der Waals surface area contributed by atoms with E-state index in [1.54, 1.807) is 24.3 Å². The van der Waals surface area contributed by atoms with Gasteiger partial charge in [0.05, 0.1) is 17.9 Å². The summed E-state index contributed by atoms with van der Waals surface area (Å²) >= 11 is 3.36. The topological polar surface area (TPSA) is 75.7 Å². The van der Waals surface area contributed by atoms with E-state index in [1.165, 1.54) is 23.5 Å². The first-order valence-electron chi connectivity index (χ1n) is 8.61. The van der Waals surface area contributed by atoms with Crippen LogP contribution in [0.25, 0.3) is 0 Å². The van der Waals surface area contributed by atoms with Gasteiger partial charge in [-0.25, -0.2) is 8.42 Å². The fourth-order valence-corrected chi connectivity index (χ4v) is 4.84. The van der Waals surface area contributed by atoms with E-state index < -0.39 is 10.0 Å². The molecular weight excluding hydrogens is 432 g/mol. The van der Waals surface area contributed by atoms with Crippen LogP contribution < -0.4 is 10.1 Å². The van der Waals surface area contributed by atoms with E-state index in [2.05, 4.69) is 21.2 Å². The number of hydrogen-bond acceptors (Lipinski definition) is 4. The van der Waals surface area contributed by atoms with Crippen molar-refractivity contribution in [2.45, 2.75) is 17.7 Å². The number of sulfonamides is 1. The minimum Gasteiger partial charge on any atom is -0.497 e. The summed E-state index contributed by atoms with van der Waals surface area (Å²) < 4.78 is 33.2. The van der Waals surface area contributed by atoms with Crippen LogP contribution in [0.3, 0.4) is 0 Å². The summed E-state index contributed by atoms with van der Waals surface area (Å²) in [5.74, 6) is 0.0571. The molecule has 2 aromatic carbocycles. The second-order valence-corrected chi connectivity index (χ2v) is 9.23. The van der Waals surface area contributed by atoms with Gasteiger partial charge in [-0.1, -0.05) is 15.9 Å². The van der Waals surface area contributed by atoms with Gasteiger partial charge in [0, 0.05) is 23.2 Å². The molecule has 1 atom stereocenters. The molecule has 8 heteroatoms. The first-order valence-corrected chi connectivity index (χ1v) is 10.8. The molecule has 1 N–H and O–H groups in total. The summed E-state index contributed by atoms with van der Waals surface area (Å²) in [6.45, 7) is 0.590. The quantitative estimate of drug-likeness (QED) is 0.752. The van der Waals surface area contributed by atoms with Gasteiger partial charge in [0.2, 0.25) is 15.9 Å². The molecule has 1 fully saturated rings. The number of nitrogens with one attached hydrogen (secondary N) is 1. The predicted molar refractivity (Wildman–Crippen MR) is 107 cm³/mol. The third-order valence-electron chi connectivity index (χ3n) is 4.56. The maximum Gasteiger partial charge on any atom is 0.243 e. The van der Waals surface area contributed by atoms with Gasteiger partial charge < -0.3 is 10.1 Å². The number of halogens is 1. The molecule has 3 rings (SSSR count). The van der Waals surface area contributed by atoms with E-state index >= 15 is 0 Å². The zero-order chi connectivity index (χ0) is 19.4. The smallest absolute Gasteiger partial charge is 0.243 e. The molecule has 6 nitrogen and oxygen atoms in total. The fraction of sp³-hybridized carbons (Fsp3) is 0.316. The van der Waals surface area contributed by atoms with Crippen LogP contribution in [0.2, 0.25) is 0 Å². The van der Waals surface area contributed by atoms with Crippen molar-refractivity contribution in [2.24, 2.45) is 5.92 Å². The van der Waals surface area contributed by atoms with Gasteiger partial charge in [0.1, 0.15) is 5.75 Å². The Kier molecular flexibility index (Phi) is 6.18. The van der Waals surface area contributed by atoms with Crippen molar-refractivity contribution >= 4 is 37.5 Å². The van der Waals surface area contributed by atoms with Crippen LogP contribution >= 0.6 is 15.9 Å². The molecule has 1 heterocycles. The maximum absolute atomic E-state index is 12.9. The van der Waals surface area contributed by atoms with Crippen LogP contribution in [0, 0.1) is 5.92 Å². The molecule has 0 radical (unpaired) electrons. The molecule has 1 unspecified atom stereocenters. The van der Waals surface area contributed by atoms with Gasteiger partial charge in [-0.3, -0.25) is 4.79 Å². The third-order valence-corrected chi connectivity index (χ3v) is 6.97.